The van der Waals surface area contributed by atoms with Crippen LogP contribution in [0.2, 0.25) is 0 Å². The van der Waals surface area contributed by atoms with Crippen LogP contribution in [0.25, 0.3) is 10.9 Å². The van der Waals surface area contributed by atoms with E-state index < -0.39 is 0 Å². The van der Waals surface area contributed by atoms with Crippen molar-refractivity contribution >= 4 is 38.6 Å². The van der Waals surface area contributed by atoms with E-state index in [2.05, 4.69) is 45.4 Å². The number of amides is 1. The Morgan fingerprint density at radius 2 is 2.23 bits per heavy atom. The zero-order valence-corrected chi connectivity index (χ0v) is 21.5. The minimum absolute atomic E-state index is 0.157. The highest BCUT2D eigenvalue weighted by Gasteiger charge is 2.33. The van der Waals surface area contributed by atoms with E-state index in [1.165, 1.54) is 12.5 Å². The van der Waals surface area contributed by atoms with E-state index >= 15 is 0 Å². The number of ether oxygens (including phenoxy) is 2. The number of nitrogens with zero attached hydrogens (tertiary/aromatic N) is 6. The highest BCUT2D eigenvalue weighted by molar-refractivity contribution is 9.10. The number of anilines is 1. The summed E-state index contributed by atoms with van der Waals surface area (Å²) in [5.74, 6) is 1.37. The van der Waals surface area contributed by atoms with Gasteiger partial charge in [-0.3, -0.25) is 4.79 Å². The lowest BCUT2D eigenvalue weighted by Crippen LogP contribution is -2.55. The molecule has 2 atom stereocenters. The van der Waals surface area contributed by atoms with Crippen LogP contribution >= 0.6 is 15.9 Å². The molecule has 0 aliphatic carbocycles. The van der Waals surface area contributed by atoms with Crippen molar-refractivity contribution in [2.24, 2.45) is 0 Å². The average molecular weight is 541 g/mol. The van der Waals surface area contributed by atoms with E-state index in [0.717, 1.165) is 51.9 Å². The summed E-state index contributed by atoms with van der Waals surface area (Å²) in [5, 5.41) is 10.3. The predicted octanol–water partition coefficient (Wildman–Crippen LogP) is 2.92. The number of nitriles is 1. The molecule has 0 unspecified atom stereocenters. The second-order valence-electron chi connectivity index (χ2n) is 9.27. The van der Waals surface area contributed by atoms with Gasteiger partial charge in [0, 0.05) is 42.1 Å². The quantitative estimate of drug-likeness (QED) is 0.516. The summed E-state index contributed by atoms with van der Waals surface area (Å²) in [6, 6.07) is 4.65. The molecule has 3 aliphatic heterocycles. The molecule has 0 radical (unpaired) electrons. The summed E-state index contributed by atoms with van der Waals surface area (Å²) in [4.78, 5) is 28.2. The number of halogens is 1. The fourth-order valence-electron chi connectivity index (χ4n) is 5.27. The maximum atomic E-state index is 12.4. The largest absolute Gasteiger partial charge is 0.492 e. The second kappa shape index (κ2) is 9.99. The molecule has 9 nitrogen and oxygen atoms in total. The Morgan fingerprint density at radius 1 is 1.37 bits per heavy atom. The maximum absolute atomic E-state index is 12.4. The molecule has 2 fully saturated rings. The lowest BCUT2D eigenvalue weighted by atomic mass is 10.1. The molecule has 35 heavy (non-hydrogen) atoms. The molecule has 0 N–H and O–H groups in total. The number of rotatable bonds is 6. The summed E-state index contributed by atoms with van der Waals surface area (Å²) < 4.78 is 13.2. The van der Waals surface area contributed by atoms with Crippen LogP contribution in [0.1, 0.15) is 24.8 Å². The molecule has 5 rings (SSSR count). The first-order chi connectivity index (χ1) is 17.0. The molecule has 10 heteroatoms. The molecule has 1 amide bonds. The average Bonchev–Trinajstić information content (AvgIpc) is 3.51. The monoisotopic (exact) mass is 540 g/mol. The number of benzene rings is 1. The number of fused-ring (bicyclic) bond motifs is 3. The number of likely N-dealkylation sites (N-methyl/N-ethyl adjacent to an activating group) is 1. The number of likely N-dealkylation sites (tertiary alicyclic amines) is 1. The van der Waals surface area contributed by atoms with Gasteiger partial charge in [-0.15, -0.1) is 0 Å². The molecule has 3 aliphatic rings. The first kappa shape index (κ1) is 23.8. The van der Waals surface area contributed by atoms with Gasteiger partial charge in [0.25, 0.3) is 0 Å². The maximum Gasteiger partial charge on any atom is 0.319 e. The molecule has 4 heterocycles. The zero-order valence-electron chi connectivity index (χ0n) is 19.9. The topological polar surface area (TPSA) is 94.8 Å². The fraction of sp³-hybridized carbons (Fsp3) is 0.520. The van der Waals surface area contributed by atoms with Crippen molar-refractivity contribution < 1.29 is 14.3 Å². The molecular formula is C25H29BrN6O3. The van der Waals surface area contributed by atoms with E-state index in [9.17, 15) is 10.1 Å². The Balaban J connectivity index is 1.53. The first-order valence-corrected chi connectivity index (χ1v) is 12.8. The summed E-state index contributed by atoms with van der Waals surface area (Å²) in [5.41, 5.74) is 1.86. The van der Waals surface area contributed by atoms with Crippen LogP contribution in [-0.4, -0.2) is 84.2 Å². The van der Waals surface area contributed by atoms with Gasteiger partial charge in [0.15, 0.2) is 0 Å². The van der Waals surface area contributed by atoms with Crippen LogP contribution in [0.5, 0.6) is 11.8 Å². The van der Waals surface area contributed by atoms with E-state index in [-0.39, 0.29) is 18.4 Å². The Bertz CT molecular complexity index is 1200. The lowest BCUT2D eigenvalue weighted by Gasteiger charge is -2.41. The predicted molar refractivity (Wildman–Crippen MR) is 136 cm³/mol. The van der Waals surface area contributed by atoms with Gasteiger partial charge in [-0.2, -0.15) is 15.2 Å². The molecule has 0 bridgehead atoms. The van der Waals surface area contributed by atoms with Gasteiger partial charge in [0.1, 0.15) is 18.2 Å². The van der Waals surface area contributed by atoms with Crippen LogP contribution in [-0.2, 0) is 11.2 Å². The Morgan fingerprint density at radius 3 is 2.97 bits per heavy atom. The Kier molecular flexibility index (Phi) is 6.80. The molecule has 1 aromatic heterocycles. The third-order valence-electron chi connectivity index (χ3n) is 7.19. The minimum Gasteiger partial charge on any atom is -0.492 e. The van der Waals surface area contributed by atoms with Crippen LogP contribution in [0, 0.1) is 11.3 Å². The molecule has 184 valence electrons. The molecule has 1 aromatic carbocycles. The van der Waals surface area contributed by atoms with Crippen LogP contribution in [0.3, 0.4) is 0 Å². The molecular weight excluding hydrogens is 512 g/mol. The fourth-order valence-corrected chi connectivity index (χ4v) is 5.87. The number of hydrogen-bond acceptors (Lipinski definition) is 8. The lowest BCUT2D eigenvalue weighted by molar-refractivity contribution is -0.128. The number of carbonyl (C=O) groups is 1. The van der Waals surface area contributed by atoms with Crippen molar-refractivity contribution in [2.75, 3.05) is 51.3 Å². The van der Waals surface area contributed by atoms with Crippen molar-refractivity contribution in [1.29, 1.82) is 5.26 Å². The number of carbonyl (C=O) groups excluding carboxylic acids is 1. The van der Waals surface area contributed by atoms with Gasteiger partial charge in [-0.25, -0.2) is 0 Å². The van der Waals surface area contributed by atoms with Gasteiger partial charge in [0.05, 0.1) is 36.0 Å². The first-order valence-electron chi connectivity index (χ1n) is 12.0. The van der Waals surface area contributed by atoms with Crippen LogP contribution in [0.4, 0.5) is 5.82 Å². The summed E-state index contributed by atoms with van der Waals surface area (Å²) >= 11 is 3.69. The molecule has 0 spiro atoms. The van der Waals surface area contributed by atoms with Crippen molar-refractivity contribution in [3.8, 4) is 17.8 Å². The smallest absolute Gasteiger partial charge is 0.319 e. The van der Waals surface area contributed by atoms with Crippen LogP contribution in [0.15, 0.2) is 23.2 Å². The third-order valence-corrected chi connectivity index (χ3v) is 7.90. The minimum atomic E-state index is -0.259. The highest BCUT2D eigenvalue weighted by Crippen LogP contribution is 2.43. The highest BCUT2D eigenvalue weighted by atomic mass is 79.9. The van der Waals surface area contributed by atoms with Crippen molar-refractivity contribution in [1.82, 2.24) is 19.8 Å². The van der Waals surface area contributed by atoms with Gasteiger partial charge in [0.2, 0.25) is 5.91 Å². The zero-order chi connectivity index (χ0) is 24.5. The van der Waals surface area contributed by atoms with Crippen molar-refractivity contribution in [3.05, 3.63) is 28.8 Å². The SMILES string of the molecule is C=CC(=O)N1CCN(c2nc(OC[C@@H]3CCCN3C)nc3cc(Br)c4c(c23)OCC4)C[C@@H]1CC#N. The van der Waals surface area contributed by atoms with E-state index in [0.29, 0.717) is 44.9 Å². The summed E-state index contributed by atoms with van der Waals surface area (Å²) in [6.07, 6.45) is 4.62. The molecule has 2 saturated heterocycles. The third kappa shape index (κ3) is 4.55. The van der Waals surface area contributed by atoms with Gasteiger partial charge in [-0.05, 0) is 38.6 Å². The normalized spacial score (nSPS) is 22.1. The van der Waals surface area contributed by atoms with E-state index in [1.807, 2.05) is 6.07 Å². The number of piperazine rings is 1. The Labute approximate surface area is 213 Å². The summed E-state index contributed by atoms with van der Waals surface area (Å²) in [6.45, 7) is 7.36. The van der Waals surface area contributed by atoms with Gasteiger partial charge >= 0.3 is 6.01 Å². The van der Waals surface area contributed by atoms with Gasteiger partial charge in [-0.1, -0.05) is 22.5 Å². The Hall–Kier alpha value is -2.90. The molecule has 0 saturated carbocycles. The van der Waals surface area contributed by atoms with E-state index in [4.69, 9.17) is 19.4 Å². The van der Waals surface area contributed by atoms with E-state index in [1.54, 1.807) is 4.90 Å². The number of hydrogen-bond donors (Lipinski definition) is 0. The van der Waals surface area contributed by atoms with Crippen LogP contribution < -0.4 is 14.4 Å². The van der Waals surface area contributed by atoms with Crippen molar-refractivity contribution in [2.45, 2.75) is 37.8 Å². The molecule has 2 aromatic rings. The number of aromatic nitrogens is 2. The second-order valence-corrected chi connectivity index (χ2v) is 10.1. The van der Waals surface area contributed by atoms with Crippen molar-refractivity contribution in [3.63, 3.8) is 0 Å². The van der Waals surface area contributed by atoms with Gasteiger partial charge < -0.3 is 24.2 Å². The standard InChI is InChI=1S/C25H29BrN6O3/c1-3-21(33)32-11-10-31(14-16(32)6-8-27)24-22-20(13-19(26)18-7-12-34-23(18)22)28-25(29-24)35-15-17-5-4-9-30(17)2/h3,13,16-17H,1,4-7,9-12,14-15H2,2H3/t16-,17-/m0/s1. The summed E-state index contributed by atoms with van der Waals surface area (Å²) in [7, 11) is 2.12.